The van der Waals surface area contributed by atoms with Crippen LogP contribution in [0.15, 0.2) is 18.6 Å². The van der Waals surface area contributed by atoms with E-state index >= 15 is 0 Å². The second-order valence-corrected chi connectivity index (χ2v) is 1.86. The van der Waals surface area contributed by atoms with Crippen molar-refractivity contribution in [2.45, 2.75) is 0 Å². The van der Waals surface area contributed by atoms with Gasteiger partial charge in [0.15, 0.2) is 5.65 Å². The molecule has 0 bridgehead atoms. The summed E-state index contributed by atoms with van der Waals surface area (Å²) in [6, 6.07) is 0. The molecule has 5 heteroatoms. The number of nitrogens with two attached hydrogens (primary N) is 1. The predicted octanol–water partition coefficient (Wildman–Crippen LogP) is -0.294. The second-order valence-electron chi connectivity index (χ2n) is 1.86. The first-order valence-electron chi connectivity index (χ1n) is 2.78. The second kappa shape index (κ2) is 1.66. The molecule has 50 valence electrons. The average Bonchev–Trinajstić information content (AvgIpc) is 2.34. The number of aromatic nitrogens is 4. The van der Waals surface area contributed by atoms with Gasteiger partial charge in [-0.1, -0.05) is 0 Å². The number of rotatable bonds is 0. The minimum Gasteiger partial charge on any atom is -0.368 e. The third-order valence-electron chi connectivity index (χ3n) is 1.24. The summed E-state index contributed by atoms with van der Waals surface area (Å²) in [6.45, 7) is 0. The van der Waals surface area contributed by atoms with Crippen LogP contribution in [0.3, 0.4) is 0 Å². The summed E-state index contributed by atoms with van der Waals surface area (Å²) in [5.41, 5.74) is 6.10. The summed E-state index contributed by atoms with van der Waals surface area (Å²) in [6.07, 6.45) is 4.95. The molecule has 10 heavy (non-hydrogen) atoms. The first-order chi connectivity index (χ1) is 4.88. The maximum Gasteiger partial charge on any atom is 0.226 e. The first-order valence-corrected chi connectivity index (χ1v) is 2.78. The number of anilines is 1. The van der Waals surface area contributed by atoms with Gasteiger partial charge in [-0.15, -0.1) is 10.2 Å². The Balaban J connectivity index is 2.93. The van der Waals surface area contributed by atoms with E-state index in [0.29, 0.717) is 11.6 Å². The maximum atomic E-state index is 5.44. The molecule has 0 aliphatic heterocycles. The van der Waals surface area contributed by atoms with Crippen molar-refractivity contribution in [3.63, 3.8) is 0 Å². The maximum absolute atomic E-state index is 5.44. The molecule has 0 aliphatic carbocycles. The topological polar surface area (TPSA) is 69.1 Å². The molecule has 2 rings (SSSR count). The summed E-state index contributed by atoms with van der Waals surface area (Å²) < 4.78 is 1.66. The molecule has 0 saturated carbocycles. The van der Waals surface area contributed by atoms with Crippen molar-refractivity contribution < 1.29 is 0 Å². The van der Waals surface area contributed by atoms with E-state index in [1.807, 2.05) is 0 Å². The molecule has 0 amide bonds. The largest absolute Gasteiger partial charge is 0.368 e. The van der Waals surface area contributed by atoms with E-state index in [4.69, 9.17) is 5.73 Å². The Morgan fingerprint density at radius 3 is 3.10 bits per heavy atom. The van der Waals surface area contributed by atoms with E-state index in [9.17, 15) is 0 Å². The lowest BCUT2D eigenvalue weighted by atomic mass is 10.7. The molecule has 0 spiro atoms. The standard InChI is InChI=1S/C5H5N5/c6-5-9-8-4-3-7-1-2-10(4)5/h1-3H,(H2,6,9). The summed E-state index contributed by atoms with van der Waals surface area (Å²) in [5.74, 6) is 0.386. The van der Waals surface area contributed by atoms with Crippen LogP contribution in [0.2, 0.25) is 0 Å². The van der Waals surface area contributed by atoms with Gasteiger partial charge in [0.2, 0.25) is 5.95 Å². The van der Waals surface area contributed by atoms with E-state index < -0.39 is 0 Å². The molecule has 0 saturated heterocycles. The lowest BCUT2D eigenvalue weighted by molar-refractivity contribution is 1.12. The third kappa shape index (κ3) is 0.540. The highest BCUT2D eigenvalue weighted by molar-refractivity contribution is 5.39. The fourth-order valence-electron chi connectivity index (χ4n) is 0.772. The molecule has 0 aliphatic rings. The molecule has 2 N–H and O–H groups in total. The Hall–Kier alpha value is -1.65. The molecule has 5 nitrogen and oxygen atoms in total. The van der Waals surface area contributed by atoms with Crippen LogP contribution in [-0.4, -0.2) is 19.6 Å². The highest BCUT2D eigenvalue weighted by atomic mass is 15.3. The number of fused-ring (bicyclic) bond motifs is 1. The number of nitrogen functional groups attached to an aromatic ring is 1. The summed E-state index contributed by atoms with van der Waals surface area (Å²) in [7, 11) is 0. The van der Waals surface area contributed by atoms with Gasteiger partial charge in [-0.05, 0) is 0 Å². The fraction of sp³-hybridized carbons (Fsp3) is 0. The van der Waals surface area contributed by atoms with Crippen molar-refractivity contribution in [3.8, 4) is 0 Å². The summed E-state index contributed by atoms with van der Waals surface area (Å²) in [4.78, 5) is 3.85. The van der Waals surface area contributed by atoms with E-state index in [1.54, 1.807) is 23.0 Å². The molecule has 2 heterocycles. The molecular formula is C5H5N5. The number of hydrogen-bond donors (Lipinski definition) is 1. The lowest BCUT2D eigenvalue weighted by Crippen LogP contribution is -1.92. The van der Waals surface area contributed by atoms with Crippen LogP contribution in [0.25, 0.3) is 5.65 Å². The third-order valence-corrected chi connectivity index (χ3v) is 1.24. The van der Waals surface area contributed by atoms with E-state index in [1.165, 1.54) is 0 Å². The summed E-state index contributed by atoms with van der Waals surface area (Å²) in [5, 5.41) is 7.39. The van der Waals surface area contributed by atoms with Crippen LogP contribution in [-0.2, 0) is 0 Å². The lowest BCUT2D eigenvalue weighted by Gasteiger charge is -1.88. The van der Waals surface area contributed by atoms with Gasteiger partial charge in [0.25, 0.3) is 0 Å². The molecule has 0 fully saturated rings. The Bertz CT molecular complexity index is 352. The van der Waals surface area contributed by atoms with E-state index in [2.05, 4.69) is 15.2 Å². The molecule has 2 aromatic rings. The van der Waals surface area contributed by atoms with Gasteiger partial charge >= 0.3 is 0 Å². The van der Waals surface area contributed by atoms with Crippen LogP contribution < -0.4 is 5.73 Å². The van der Waals surface area contributed by atoms with Gasteiger partial charge in [0.05, 0.1) is 6.20 Å². The van der Waals surface area contributed by atoms with Crippen molar-refractivity contribution in [3.05, 3.63) is 18.6 Å². The zero-order valence-electron chi connectivity index (χ0n) is 5.10. The molecular weight excluding hydrogens is 130 g/mol. The van der Waals surface area contributed by atoms with Crippen LogP contribution in [0.1, 0.15) is 0 Å². The van der Waals surface area contributed by atoms with Crippen molar-refractivity contribution in [2.75, 3.05) is 5.73 Å². The van der Waals surface area contributed by atoms with Crippen molar-refractivity contribution in [1.29, 1.82) is 0 Å². The van der Waals surface area contributed by atoms with Crippen molar-refractivity contribution >= 4 is 11.6 Å². The van der Waals surface area contributed by atoms with E-state index in [-0.39, 0.29) is 0 Å². The van der Waals surface area contributed by atoms with Crippen LogP contribution >= 0.6 is 0 Å². The molecule has 0 aromatic carbocycles. The van der Waals surface area contributed by atoms with Gasteiger partial charge in [-0.3, -0.25) is 9.38 Å². The van der Waals surface area contributed by atoms with Crippen LogP contribution in [0.5, 0.6) is 0 Å². The average molecular weight is 135 g/mol. The van der Waals surface area contributed by atoms with Crippen LogP contribution in [0, 0.1) is 0 Å². The molecule has 2 aromatic heterocycles. The minimum absolute atomic E-state index is 0.386. The van der Waals surface area contributed by atoms with Gasteiger partial charge in [0, 0.05) is 12.4 Å². The zero-order valence-corrected chi connectivity index (χ0v) is 5.10. The van der Waals surface area contributed by atoms with Crippen LogP contribution in [0.4, 0.5) is 5.95 Å². The zero-order chi connectivity index (χ0) is 6.97. The SMILES string of the molecule is Nc1nnc2cnccn12. The van der Waals surface area contributed by atoms with E-state index in [0.717, 1.165) is 0 Å². The monoisotopic (exact) mass is 135 g/mol. The molecule has 0 atom stereocenters. The Kier molecular flexibility index (Phi) is 0.858. The first kappa shape index (κ1) is 5.16. The Labute approximate surface area is 56.5 Å². The van der Waals surface area contributed by atoms with Gasteiger partial charge in [-0.2, -0.15) is 0 Å². The smallest absolute Gasteiger partial charge is 0.226 e. The quantitative estimate of drug-likeness (QED) is 0.538. The van der Waals surface area contributed by atoms with Crippen molar-refractivity contribution in [1.82, 2.24) is 19.6 Å². The number of hydrogen-bond acceptors (Lipinski definition) is 4. The Morgan fingerprint density at radius 2 is 2.30 bits per heavy atom. The normalized spacial score (nSPS) is 10.4. The van der Waals surface area contributed by atoms with Gasteiger partial charge < -0.3 is 5.73 Å². The molecule has 0 radical (unpaired) electrons. The minimum atomic E-state index is 0.386. The molecule has 0 unspecified atom stereocenters. The summed E-state index contributed by atoms with van der Waals surface area (Å²) >= 11 is 0. The number of nitrogens with zero attached hydrogens (tertiary/aromatic N) is 4. The Morgan fingerprint density at radius 1 is 1.40 bits per heavy atom. The highest BCUT2D eigenvalue weighted by Gasteiger charge is 1.96. The predicted molar refractivity (Wildman–Crippen MR) is 35.2 cm³/mol. The highest BCUT2D eigenvalue weighted by Crippen LogP contribution is 1.99. The van der Waals surface area contributed by atoms with Crippen molar-refractivity contribution in [2.24, 2.45) is 0 Å². The van der Waals surface area contributed by atoms with Gasteiger partial charge in [0.1, 0.15) is 0 Å². The fourth-order valence-corrected chi connectivity index (χ4v) is 0.772. The van der Waals surface area contributed by atoms with Gasteiger partial charge in [-0.25, -0.2) is 0 Å².